The molecule has 3 aromatic rings. The Morgan fingerprint density at radius 1 is 0.737 bits per heavy atom. The van der Waals surface area contributed by atoms with Gasteiger partial charge in [-0.1, -0.05) is 57.2 Å². The van der Waals surface area contributed by atoms with Crippen molar-refractivity contribution in [3.63, 3.8) is 0 Å². The van der Waals surface area contributed by atoms with Gasteiger partial charge in [-0.2, -0.15) is 0 Å². The van der Waals surface area contributed by atoms with Gasteiger partial charge in [0.05, 0.1) is 0 Å². The van der Waals surface area contributed by atoms with Gasteiger partial charge in [-0.05, 0) is 57.1 Å². The van der Waals surface area contributed by atoms with Gasteiger partial charge in [0.1, 0.15) is 0 Å². The Bertz CT molecular complexity index is 735. The molecule has 0 unspecified atom stereocenters. The Morgan fingerprint density at radius 3 is 2.00 bits per heavy atom. The van der Waals surface area contributed by atoms with Crippen LogP contribution in [0.3, 0.4) is 0 Å². The molecule has 0 amide bonds. The lowest BCUT2D eigenvalue weighted by Gasteiger charge is -2.09. The van der Waals surface area contributed by atoms with Crippen LogP contribution >= 0.6 is 0 Å². The third-order valence-electron chi connectivity index (χ3n) is 3.96. The first-order valence-corrected chi connectivity index (χ1v) is 7.13. The molecule has 3 aromatic carbocycles. The van der Waals surface area contributed by atoms with Crippen molar-refractivity contribution >= 4 is 21.5 Å². The van der Waals surface area contributed by atoms with Crippen LogP contribution in [0.5, 0.6) is 0 Å². The van der Waals surface area contributed by atoms with E-state index >= 15 is 0 Å². The zero-order valence-corrected chi connectivity index (χ0v) is 11.9. The Labute approximate surface area is 115 Å². The third kappa shape index (κ3) is 2.23. The number of benzene rings is 3. The van der Waals surface area contributed by atoms with Gasteiger partial charge in [-0.25, -0.2) is 0 Å². The number of aryl methyl sites for hydroxylation is 1. The van der Waals surface area contributed by atoms with Crippen molar-refractivity contribution in [2.24, 2.45) is 0 Å². The Hall–Kier alpha value is -1.82. The van der Waals surface area contributed by atoms with E-state index in [0.29, 0.717) is 5.92 Å². The van der Waals surface area contributed by atoms with E-state index in [1.165, 1.54) is 32.7 Å². The summed E-state index contributed by atoms with van der Waals surface area (Å²) in [6.45, 7) is 6.70. The summed E-state index contributed by atoms with van der Waals surface area (Å²) in [5, 5.41) is 5.38. The number of fused-ring (bicyclic) bond motifs is 2. The first kappa shape index (κ1) is 12.2. The van der Waals surface area contributed by atoms with E-state index in [0.717, 1.165) is 6.42 Å². The van der Waals surface area contributed by atoms with E-state index in [4.69, 9.17) is 0 Å². The van der Waals surface area contributed by atoms with Gasteiger partial charge in [0.15, 0.2) is 0 Å². The molecule has 96 valence electrons. The summed E-state index contributed by atoms with van der Waals surface area (Å²) in [6.07, 6.45) is 1.10. The average Bonchev–Trinajstić information content (AvgIpc) is 2.43. The number of hydrogen-bond acceptors (Lipinski definition) is 0. The molecule has 0 aromatic heterocycles. The molecule has 0 aliphatic heterocycles. The van der Waals surface area contributed by atoms with Crippen LogP contribution in [0.2, 0.25) is 0 Å². The van der Waals surface area contributed by atoms with Crippen LogP contribution in [0.1, 0.15) is 37.8 Å². The van der Waals surface area contributed by atoms with Crippen molar-refractivity contribution in [3.8, 4) is 0 Å². The lowest BCUT2D eigenvalue weighted by atomic mass is 9.96. The van der Waals surface area contributed by atoms with Crippen LogP contribution in [0.4, 0.5) is 0 Å². The molecule has 0 heteroatoms. The van der Waals surface area contributed by atoms with Crippen molar-refractivity contribution in [1.29, 1.82) is 0 Å². The van der Waals surface area contributed by atoms with Crippen LogP contribution in [-0.2, 0) is 6.42 Å². The molecule has 3 rings (SSSR count). The second-order valence-corrected chi connectivity index (χ2v) is 5.65. The molecule has 0 atom stereocenters. The third-order valence-corrected chi connectivity index (χ3v) is 3.96. The molecule has 0 spiro atoms. The molecular weight excluding hydrogens is 228 g/mol. The summed E-state index contributed by atoms with van der Waals surface area (Å²) in [4.78, 5) is 0. The van der Waals surface area contributed by atoms with Crippen LogP contribution < -0.4 is 0 Å². The smallest absolute Gasteiger partial charge is 0.0175 e. The van der Waals surface area contributed by atoms with Gasteiger partial charge in [-0.15, -0.1) is 0 Å². The molecule has 0 nitrogen and oxygen atoms in total. The Kier molecular flexibility index (Phi) is 3.02. The van der Waals surface area contributed by atoms with E-state index in [1.807, 2.05) is 0 Å². The highest BCUT2D eigenvalue weighted by Gasteiger charge is 2.03. The van der Waals surface area contributed by atoms with Crippen molar-refractivity contribution in [2.45, 2.75) is 33.1 Å². The van der Waals surface area contributed by atoms with E-state index in [-0.39, 0.29) is 0 Å². The van der Waals surface area contributed by atoms with E-state index in [9.17, 15) is 0 Å². The van der Waals surface area contributed by atoms with Crippen molar-refractivity contribution in [2.75, 3.05) is 0 Å². The van der Waals surface area contributed by atoms with Gasteiger partial charge in [-0.3, -0.25) is 0 Å². The van der Waals surface area contributed by atoms with E-state index < -0.39 is 0 Å². The first-order valence-electron chi connectivity index (χ1n) is 7.13. The second kappa shape index (κ2) is 4.70. The highest BCUT2D eigenvalue weighted by atomic mass is 14.1. The largest absolute Gasteiger partial charge is 0.0613 e. The Morgan fingerprint density at radius 2 is 1.37 bits per heavy atom. The monoisotopic (exact) mass is 248 g/mol. The molecule has 0 fully saturated rings. The minimum atomic E-state index is 0.586. The Balaban J connectivity index is 2.25. The fraction of sp³-hybridized carbons (Fsp3) is 0.263. The average molecular weight is 248 g/mol. The van der Waals surface area contributed by atoms with Crippen LogP contribution in [0.25, 0.3) is 21.5 Å². The molecular formula is C19H20. The van der Waals surface area contributed by atoms with Gasteiger partial charge in [0, 0.05) is 0 Å². The molecule has 0 saturated carbocycles. The summed E-state index contributed by atoms with van der Waals surface area (Å²) >= 11 is 0. The molecule has 0 heterocycles. The molecule has 0 aliphatic carbocycles. The summed E-state index contributed by atoms with van der Waals surface area (Å²) in [7, 11) is 0. The standard InChI is InChI=1S/C19H20/c1-4-14-5-6-16-12-19-10-15(13(2)3)7-8-17(19)11-18(16)9-14/h5-13H,4H2,1-3H3. The highest BCUT2D eigenvalue weighted by molar-refractivity contribution is 5.98. The van der Waals surface area contributed by atoms with E-state index in [2.05, 4.69) is 69.3 Å². The maximum atomic E-state index is 2.33. The minimum Gasteiger partial charge on any atom is -0.0613 e. The van der Waals surface area contributed by atoms with Gasteiger partial charge >= 0.3 is 0 Å². The number of hydrogen-bond donors (Lipinski definition) is 0. The fourth-order valence-electron chi connectivity index (χ4n) is 2.64. The molecule has 0 radical (unpaired) electrons. The van der Waals surface area contributed by atoms with Crippen LogP contribution in [0.15, 0.2) is 48.5 Å². The van der Waals surface area contributed by atoms with Gasteiger partial charge in [0.2, 0.25) is 0 Å². The molecule has 0 aliphatic rings. The maximum Gasteiger partial charge on any atom is -0.0175 e. The van der Waals surface area contributed by atoms with Gasteiger partial charge in [0.25, 0.3) is 0 Å². The van der Waals surface area contributed by atoms with Gasteiger partial charge < -0.3 is 0 Å². The van der Waals surface area contributed by atoms with Crippen LogP contribution in [-0.4, -0.2) is 0 Å². The maximum absolute atomic E-state index is 2.33. The lowest BCUT2D eigenvalue weighted by Crippen LogP contribution is -1.87. The van der Waals surface area contributed by atoms with Crippen LogP contribution in [0, 0.1) is 0 Å². The summed E-state index contributed by atoms with van der Waals surface area (Å²) in [5.41, 5.74) is 2.82. The first-order chi connectivity index (χ1) is 9.17. The predicted molar refractivity (Wildman–Crippen MR) is 84.9 cm³/mol. The zero-order valence-electron chi connectivity index (χ0n) is 11.9. The lowest BCUT2D eigenvalue weighted by molar-refractivity contribution is 0.869. The number of rotatable bonds is 2. The minimum absolute atomic E-state index is 0.586. The SMILES string of the molecule is CCc1ccc2cc3cc(C(C)C)ccc3cc2c1. The molecule has 0 saturated heterocycles. The quantitative estimate of drug-likeness (QED) is 0.512. The normalized spacial score (nSPS) is 11.6. The van der Waals surface area contributed by atoms with Crippen molar-refractivity contribution < 1.29 is 0 Å². The topological polar surface area (TPSA) is 0 Å². The summed E-state index contributed by atoms with van der Waals surface area (Å²) in [6, 6.07) is 18.3. The predicted octanol–water partition coefficient (Wildman–Crippen LogP) is 5.68. The van der Waals surface area contributed by atoms with Crippen molar-refractivity contribution in [1.82, 2.24) is 0 Å². The molecule has 0 N–H and O–H groups in total. The zero-order chi connectivity index (χ0) is 13.4. The van der Waals surface area contributed by atoms with Crippen molar-refractivity contribution in [3.05, 3.63) is 59.7 Å². The molecule has 0 bridgehead atoms. The summed E-state index contributed by atoms with van der Waals surface area (Å²) in [5.74, 6) is 0.586. The summed E-state index contributed by atoms with van der Waals surface area (Å²) < 4.78 is 0. The fourth-order valence-corrected chi connectivity index (χ4v) is 2.64. The van der Waals surface area contributed by atoms with E-state index in [1.54, 1.807) is 0 Å². The highest BCUT2D eigenvalue weighted by Crippen LogP contribution is 2.27. The second-order valence-electron chi connectivity index (χ2n) is 5.65. The molecule has 19 heavy (non-hydrogen) atoms.